The number of aromatic carboxylic acids is 1. The molecule has 1 aliphatic rings. The van der Waals surface area contributed by atoms with Crippen LogP contribution in [-0.2, 0) is 0 Å². The van der Waals surface area contributed by atoms with Crippen LogP contribution in [0.25, 0.3) is 0 Å². The Balaban J connectivity index is 1.69. The molecule has 0 radical (unpaired) electrons. The van der Waals surface area contributed by atoms with Crippen LogP contribution in [0.4, 0.5) is 4.39 Å². The van der Waals surface area contributed by atoms with E-state index in [-0.39, 0.29) is 11.6 Å². The van der Waals surface area contributed by atoms with Crippen LogP contribution in [0.1, 0.15) is 35.8 Å². The van der Waals surface area contributed by atoms with E-state index < -0.39 is 11.6 Å². The van der Waals surface area contributed by atoms with Crippen LogP contribution in [0.2, 0.25) is 0 Å². The molecule has 1 heterocycles. The van der Waals surface area contributed by atoms with Gasteiger partial charge in [-0.15, -0.1) is 10.2 Å². The van der Waals surface area contributed by atoms with Crippen molar-refractivity contribution in [2.24, 2.45) is 5.92 Å². The molecule has 0 spiro atoms. The van der Waals surface area contributed by atoms with Crippen molar-refractivity contribution in [1.29, 1.82) is 0 Å². The van der Waals surface area contributed by atoms with Crippen LogP contribution in [0.3, 0.4) is 0 Å². The Hall–Kier alpha value is -2.33. The summed E-state index contributed by atoms with van der Waals surface area (Å²) in [6.45, 7) is 1.61. The van der Waals surface area contributed by atoms with Gasteiger partial charge >= 0.3 is 5.97 Å². The Bertz CT molecular complexity index is 807. The maximum atomic E-state index is 13.4. The smallest absolute Gasteiger partial charge is 0.359 e. The highest BCUT2D eigenvalue weighted by atomic mass is 32.2. The van der Waals surface area contributed by atoms with Gasteiger partial charge in [-0.1, -0.05) is 29.7 Å². The normalized spacial score (nSPS) is 22.3. The lowest BCUT2D eigenvalue weighted by Gasteiger charge is -1.99. The van der Waals surface area contributed by atoms with Crippen molar-refractivity contribution in [2.75, 3.05) is 0 Å². The van der Waals surface area contributed by atoms with Gasteiger partial charge in [0, 0.05) is 22.8 Å². The SMILES string of the molecule is CC1(F)CC1CC#Cc1cccc(Sc2n[nH]nc2C(=O)O)c1. The fourth-order valence-corrected chi connectivity index (χ4v) is 3.04. The molecule has 2 N–H and O–H groups in total. The van der Waals surface area contributed by atoms with E-state index in [2.05, 4.69) is 27.3 Å². The molecule has 1 fully saturated rings. The number of nitrogens with zero attached hydrogens (tertiary/aromatic N) is 2. The zero-order valence-electron chi connectivity index (χ0n) is 12.3. The maximum absolute atomic E-state index is 13.4. The summed E-state index contributed by atoms with van der Waals surface area (Å²) in [6.07, 6.45) is 1.14. The average molecular weight is 331 g/mol. The van der Waals surface area contributed by atoms with Crippen molar-refractivity contribution < 1.29 is 14.3 Å². The maximum Gasteiger partial charge on any atom is 0.359 e. The number of nitrogens with one attached hydrogen (secondary N) is 1. The van der Waals surface area contributed by atoms with Crippen molar-refractivity contribution >= 4 is 17.7 Å². The molecule has 0 amide bonds. The predicted molar refractivity (Wildman–Crippen MR) is 83.0 cm³/mol. The Morgan fingerprint density at radius 3 is 3.04 bits per heavy atom. The lowest BCUT2D eigenvalue weighted by molar-refractivity contribution is 0.0686. The molecule has 1 aromatic carbocycles. The van der Waals surface area contributed by atoms with Gasteiger partial charge < -0.3 is 5.11 Å². The molecule has 5 nitrogen and oxygen atoms in total. The van der Waals surface area contributed by atoms with Gasteiger partial charge in [0.25, 0.3) is 0 Å². The van der Waals surface area contributed by atoms with Crippen LogP contribution in [0, 0.1) is 17.8 Å². The lowest BCUT2D eigenvalue weighted by atomic mass is 10.2. The van der Waals surface area contributed by atoms with E-state index in [9.17, 15) is 9.18 Å². The summed E-state index contributed by atoms with van der Waals surface area (Å²) in [5.41, 5.74) is -0.355. The van der Waals surface area contributed by atoms with E-state index >= 15 is 0 Å². The van der Waals surface area contributed by atoms with Gasteiger partial charge in [0.2, 0.25) is 5.69 Å². The number of H-pyrrole nitrogens is 1. The topological polar surface area (TPSA) is 78.9 Å². The van der Waals surface area contributed by atoms with Crippen molar-refractivity contribution in [1.82, 2.24) is 15.4 Å². The summed E-state index contributed by atoms with van der Waals surface area (Å²) in [7, 11) is 0. The van der Waals surface area contributed by atoms with Gasteiger partial charge in [-0.05, 0) is 31.5 Å². The summed E-state index contributed by atoms with van der Waals surface area (Å²) in [5.74, 6) is 4.94. The number of halogens is 1. The van der Waals surface area contributed by atoms with E-state index in [0.29, 0.717) is 17.9 Å². The quantitative estimate of drug-likeness (QED) is 0.842. The number of aromatic nitrogens is 3. The second-order valence-electron chi connectivity index (χ2n) is 5.60. The highest BCUT2D eigenvalue weighted by Crippen LogP contribution is 2.48. The molecule has 0 saturated heterocycles. The number of rotatable bonds is 4. The number of hydrogen-bond donors (Lipinski definition) is 2. The molecule has 0 aliphatic heterocycles. The standard InChI is InChI=1S/C16H14FN3O2S/c1-16(17)9-11(16)6-2-4-10-5-3-7-12(8-10)23-14-13(15(21)22)18-20-19-14/h3,5,7-8,11H,6,9H2,1H3,(H,21,22)(H,18,19,20). The third-order valence-electron chi connectivity index (χ3n) is 3.68. The number of carboxylic acid groups (broad SMARTS) is 1. The first-order valence-electron chi connectivity index (χ1n) is 7.05. The van der Waals surface area contributed by atoms with Crippen LogP contribution in [0.5, 0.6) is 0 Å². The summed E-state index contributed by atoms with van der Waals surface area (Å²) >= 11 is 1.20. The molecule has 1 aliphatic carbocycles. The van der Waals surface area contributed by atoms with Gasteiger partial charge in [0.1, 0.15) is 5.67 Å². The van der Waals surface area contributed by atoms with E-state index in [1.165, 1.54) is 11.8 Å². The fraction of sp³-hybridized carbons (Fsp3) is 0.312. The molecular weight excluding hydrogens is 317 g/mol. The van der Waals surface area contributed by atoms with E-state index in [0.717, 1.165) is 10.5 Å². The van der Waals surface area contributed by atoms with Gasteiger partial charge in [-0.3, -0.25) is 0 Å². The first-order chi connectivity index (χ1) is 11.0. The molecule has 1 aromatic heterocycles. The first-order valence-corrected chi connectivity index (χ1v) is 7.87. The van der Waals surface area contributed by atoms with Crippen LogP contribution in [-0.4, -0.2) is 32.2 Å². The summed E-state index contributed by atoms with van der Waals surface area (Å²) < 4.78 is 13.4. The third-order valence-corrected chi connectivity index (χ3v) is 4.65. The van der Waals surface area contributed by atoms with E-state index in [1.807, 2.05) is 24.3 Å². The Kier molecular flexibility index (Phi) is 4.09. The number of carbonyl (C=O) groups is 1. The number of alkyl halides is 1. The monoisotopic (exact) mass is 331 g/mol. The molecule has 3 rings (SSSR count). The summed E-state index contributed by atoms with van der Waals surface area (Å²) in [5, 5.41) is 19.1. The van der Waals surface area contributed by atoms with Gasteiger partial charge in [-0.25, -0.2) is 9.18 Å². The molecule has 1 saturated carbocycles. The molecule has 7 heteroatoms. The largest absolute Gasteiger partial charge is 0.476 e. The van der Waals surface area contributed by atoms with Crippen molar-refractivity contribution in [3.05, 3.63) is 35.5 Å². The third kappa shape index (κ3) is 3.71. The number of carboxylic acids is 1. The molecule has 118 valence electrons. The van der Waals surface area contributed by atoms with Gasteiger partial charge in [0.15, 0.2) is 5.03 Å². The number of benzene rings is 1. The minimum atomic E-state index is -1.13. The zero-order valence-corrected chi connectivity index (χ0v) is 13.2. The highest BCUT2D eigenvalue weighted by molar-refractivity contribution is 7.99. The average Bonchev–Trinajstić information content (AvgIpc) is 2.89. The number of hydrogen-bond acceptors (Lipinski definition) is 4. The van der Waals surface area contributed by atoms with Gasteiger partial charge in [0.05, 0.1) is 0 Å². The zero-order chi connectivity index (χ0) is 16.4. The molecular formula is C16H14FN3O2S. The second-order valence-corrected chi connectivity index (χ2v) is 6.66. The van der Waals surface area contributed by atoms with Crippen molar-refractivity contribution in [3.63, 3.8) is 0 Å². The van der Waals surface area contributed by atoms with E-state index in [1.54, 1.807) is 6.92 Å². The Morgan fingerprint density at radius 1 is 1.57 bits per heavy atom. The van der Waals surface area contributed by atoms with Crippen molar-refractivity contribution in [3.8, 4) is 11.8 Å². The minimum absolute atomic E-state index is 0.0424. The van der Waals surface area contributed by atoms with E-state index in [4.69, 9.17) is 5.11 Å². The predicted octanol–water partition coefficient (Wildman–Crippen LogP) is 3.14. The van der Waals surface area contributed by atoms with Crippen LogP contribution >= 0.6 is 11.8 Å². The second kappa shape index (κ2) is 6.05. The summed E-state index contributed by atoms with van der Waals surface area (Å²) in [4.78, 5) is 11.8. The van der Waals surface area contributed by atoms with Gasteiger partial charge in [-0.2, -0.15) is 5.21 Å². The first kappa shape index (κ1) is 15.6. The molecule has 23 heavy (non-hydrogen) atoms. The fourth-order valence-electron chi connectivity index (χ4n) is 2.16. The molecule has 0 bridgehead atoms. The summed E-state index contributed by atoms with van der Waals surface area (Å²) in [6, 6.07) is 7.39. The van der Waals surface area contributed by atoms with Crippen molar-refractivity contribution in [2.45, 2.75) is 35.4 Å². The molecule has 2 unspecified atom stereocenters. The van der Waals surface area contributed by atoms with Crippen LogP contribution in [0.15, 0.2) is 34.2 Å². The Morgan fingerprint density at radius 2 is 2.35 bits per heavy atom. The minimum Gasteiger partial charge on any atom is -0.476 e. The lowest BCUT2D eigenvalue weighted by Crippen LogP contribution is -1.98. The Labute approximate surface area is 136 Å². The molecule has 2 aromatic rings. The van der Waals surface area contributed by atoms with Crippen LogP contribution < -0.4 is 0 Å². The molecule has 2 atom stereocenters. The highest BCUT2D eigenvalue weighted by Gasteiger charge is 2.50. The number of aromatic amines is 1.